The molecule has 218 valence electrons. The molecule has 12 heteroatoms. The highest BCUT2D eigenvalue weighted by Gasteiger charge is 2.47. The molecule has 1 saturated carbocycles. The lowest BCUT2D eigenvalue weighted by molar-refractivity contribution is -0.143. The SMILES string of the molecule is CCOC(=O)N1c2ccc(C)c(C)c2[C@H](N(Cc2cc(C(F)(F)F)cc(C(F)(F)F)c2)C(=O)OC)C[C@@H]1C1CC1. The predicted octanol–water partition coefficient (Wildman–Crippen LogP) is 7.80. The maximum Gasteiger partial charge on any atom is 0.416 e. The minimum atomic E-state index is -5.03. The average Bonchev–Trinajstić information content (AvgIpc) is 3.72. The van der Waals surface area contributed by atoms with Gasteiger partial charge in [-0.2, -0.15) is 26.3 Å². The summed E-state index contributed by atoms with van der Waals surface area (Å²) in [5, 5.41) is 0. The number of alkyl halides is 6. The van der Waals surface area contributed by atoms with Gasteiger partial charge in [-0.15, -0.1) is 0 Å². The van der Waals surface area contributed by atoms with Crippen LogP contribution in [0.2, 0.25) is 0 Å². The van der Waals surface area contributed by atoms with Crippen LogP contribution in [0.1, 0.15) is 65.6 Å². The van der Waals surface area contributed by atoms with Gasteiger partial charge in [0.05, 0.1) is 36.6 Å². The fourth-order valence-corrected chi connectivity index (χ4v) is 5.41. The molecule has 2 atom stereocenters. The summed E-state index contributed by atoms with van der Waals surface area (Å²) < 4.78 is 91.6. The molecule has 2 amide bonds. The van der Waals surface area contributed by atoms with Crippen molar-refractivity contribution < 1.29 is 45.4 Å². The third-order valence-corrected chi connectivity index (χ3v) is 7.57. The first kappa shape index (κ1) is 29.5. The Bertz CT molecular complexity index is 1260. The number of fused-ring (bicyclic) bond motifs is 1. The van der Waals surface area contributed by atoms with Gasteiger partial charge in [0, 0.05) is 18.2 Å². The Morgan fingerprint density at radius 2 is 1.60 bits per heavy atom. The summed E-state index contributed by atoms with van der Waals surface area (Å²) in [6, 6.07) is 3.65. The molecule has 1 fully saturated rings. The van der Waals surface area contributed by atoms with Crippen LogP contribution in [0.4, 0.5) is 41.6 Å². The molecule has 0 bridgehead atoms. The quantitative estimate of drug-likeness (QED) is 0.343. The van der Waals surface area contributed by atoms with Gasteiger partial charge in [0.1, 0.15) is 0 Å². The first-order valence-corrected chi connectivity index (χ1v) is 12.9. The van der Waals surface area contributed by atoms with Gasteiger partial charge in [-0.1, -0.05) is 6.07 Å². The van der Waals surface area contributed by atoms with E-state index in [0.29, 0.717) is 23.4 Å². The van der Waals surface area contributed by atoms with E-state index < -0.39 is 54.3 Å². The van der Waals surface area contributed by atoms with E-state index in [1.165, 1.54) is 0 Å². The summed E-state index contributed by atoms with van der Waals surface area (Å²) in [4.78, 5) is 29.0. The fraction of sp³-hybridized carbons (Fsp3) is 0.500. The first-order chi connectivity index (χ1) is 18.7. The number of ether oxygens (including phenoxy) is 2. The molecule has 1 heterocycles. The van der Waals surface area contributed by atoms with Crippen LogP contribution >= 0.6 is 0 Å². The van der Waals surface area contributed by atoms with E-state index in [2.05, 4.69) is 0 Å². The second-order valence-electron chi connectivity index (χ2n) is 10.2. The van der Waals surface area contributed by atoms with E-state index in [1.807, 2.05) is 13.0 Å². The van der Waals surface area contributed by atoms with Gasteiger partial charge in [0.15, 0.2) is 0 Å². The fourth-order valence-electron chi connectivity index (χ4n) is 5.41. The number of amides is 2. The van der Waals surface area contributed by atoms with E-state index in [1.54, 1.807) is 24.8 Å². The number of hydrogen-bond donors (Lipinski definition) is 0. The molecule has 0 unspecified atom stereocenters. The van der Waals surface area contributed by atoms with Crippen LogP contribution in [0.25, 0.3) is 0 Å². The number of hydrogen-bond acceptors (Lipinski definition) is 4. The van der Waals surface area contributed by atoms with Crippen molar-refractivity contribution in [3.05, 3.63) is 63.7 Å². The third-order valence-electron chi connectivity index (χ3n) is 7.57. The lowest BCUT2D eigenvalue weighted by Crippen LogP contribution is -2.50. The van der Waals surface area contributed by atoms with Gasteiger partial charge in [0.25, 0.3) is 0 Å². The number of benzene rings is 2. The maximum atomic E-state index is 13.6. The summed E-state index contributed by atoms with van der Waals surface area (Å²) in [5.74, 6) is 0.103. The molecule has 2 aromatic rings. The molecular formula is C28H30F6N2O4. The first-order valence-electron chi connectivity index (χ1n) is 12.9. The number of carbonyl (C=O) groups excluding carboxylic acids is 2. The molecule has 0 N–H and O–H groups in total. The topological polar surface area (TPSA) is 59.1 Å². The smallest absolute Gasteiger partial charge is 0.416 e. The van der Waals surface area contributed by atoms with Crippen molar-refractivity contribution in [2.75, 3.05) is 18.6 Å². The number of anilines is 1. The Kier molecular flexibility index (Phi) is 8.01. The van der Waals surface area contributed by atoms with Crippen molar-refractivity contribution in [1.29, 1.82) is 0 Å². The van der Waals surface area contributed by atoms with Gasteiger partial charge in [-0.25, -0.2) is 9.59 Å². The van der Waals surface area contributed by atoms with E-state index in [-0.39, 0.29) is 30.6 Å². The molecule has 2 aliphatic rings. The van der Waals surface area contributed by atoms with Gasteiger partial charge < -0.3 is 9.47 Å². The molecule has 0 spiro atoms. The summed E-state index contributed by atoms with van der Waals surface area (Å²) >= 11 is 0. The number of methoxy groups -OCH3 is 1. The van der Waals surface area contributed by atoms with Crippen molar-refractivity contribution in [3.8, 4) is 0 Å². The van der Waals surface area contributed by atoms with Gasteiger partial charge in [0.2, 0.25) is 0 Å². The monoisotopic (exact) mass is 572 g/mol. The highest BCUT2D eigenvalue weighted by atomic mass is 19.4. The summed E-state index contributed by atoms with van der Waals surface area (Å²) in [6.07, 6.45) is -9.67. The van der Waals surface area contributed by atoms with Crippen LogP contribution in [0, 0.1) is 19.8 Å². The van der Waals surface area contributed by atoms with Crippen LogP contribution in [0.15, 0.2) is 30.3 Å². The molecule has 1 aliphatic carbocycles. The Morgan fingerprint density at radius 3 is 2.10 bits per heavy atom. The summed E-state index contributed by atoms with van der Waals surface area (Å²) in [7, 11) is 1.10. The molecule has 2 aromatic carbocycles. The molecule has 0 saturated heterocycles. The van der Waals surface area contributed by atoms with Gasteiger partial charge >= 0.3 is 24.5 Å². The molecule has 4 rings (SSSR count). The highest BCUT2D eigenvalue weighted by molar-refractivity contribution is 5.91. The molecule has 40 heavy (non-hydrogen) atoms. The highest BCUT2D eigenvalue weighted by Crippen LogP contribution is 2.50. The molecule has 0 aromatic heterocycles. The van der Waals surface area contributed by atoms with E-state index in [4.69, 9.17) is 9.47 Å². The Morgan fingerprint density at radius 1 is 1.00 bits per heavy atom. The minimum Gasteiger partial charge on any atom is -0.453 e. The van der Waals surface area contributed by atoms with Gasteiger partial charge in [-0.3, -0.25) is 9.80 Å². The Balaban J connectivity index is 1.86. The number of halogens is 6. The number of carbonyl (C=O) groups is 2. The van der Waals surface area contributed by atoms with E-state index in [0.717, 1.165) is 36.0 Å². The van der Waals surface area contributed by atoms with Crippen molar-refractivity contribution >= 4 is 17.9 Å². The number of rotatable bonds is 5. The number of nitrogens with zero attached hydrogens (tertiary/aromatic N) is 2. The van der Waals surface area contributed by atoms with E-state index >= 15 is 0 Å². The van der Waals surface area contributed by atoms with Crippen molar-refractivity contribution in [2.45, 2.75) is 71.0 Å². The molecule has 1 aliphatic heterocycles. The largest absolute Gasteiger partial charge is 0.453 e. The van der Waals surface area contributed by atoms with E-state index in [9.17, 15) is 35.9 Å². The summed E-state index contributed by atoms with van der Waals surface area (Å²) in [5.41, 5.74) is -0.664. The van der Waals surface area contributed by atoms with Crippen molar-refractivity contribution in [1.82, 2.24) is 4.90 Å². The maximum absolute atomic E-state index is 13.6. The predicted molar refractivity (Wildman–Crippen MR) is 134 cm³/mol. The Hall–Kier alpha value is -3.44. The van der Waals surface area contributed by atoms with Crippen LogP contribution in [-0.4, -0.2) is 36.8 Å². The lowest BCUT2D eigenvalue weighted by atomic mass is 9.84. The van der Waals surface area contributed by atoms with Crippen LogP contribution in [0.3, 0.4) is 0 Å². The van der Waals surface area contributed by atoms with Crippen LogP contribution < -0.4 is 4.90 Å². The number of aryl methyl sites for hydroxylation is 1. The zero-order chi connectivity index (χ0) is 29.6. The van der Waals surface area contributed by atoms with Gasteiger partial charge in [-0.05, 0) is 86.9 Å². The lowest BCUT2D eigenvalue weighted by Gasteiger charge is -2.45. The normalized spacial score (nSPS) is 19.2. The zero-order valence-corrected chi connectivity index (χ0v) is 22.4. The Labute approximate surface area is 227 Å². The molecule has 0 radical (unpaired) electrons. The summed E-state index contributed by atoms with van der Waals surface area (Å²) in [6.45, 7) is 4.87. The van der Waals surface area contributed by atoms with Crippen molar-refractivity contribution in [2.24, 2.45) is 5.92 Å². The van der Waals surface area contributed by atoms with Crippen LogP contribution in [-0.2, 0) is 28.4 Å². The molecular weight excluding hydrogens is 542 g/mol. The average molecular weight is 573 g/mol. The zero-order valence-electron chi connectivity index (χ0n) is 22.4. The third kappa shape index (κ3) is 5.85. The standard InChI is InChI=1S/C28H30F6N2O4/c1-5-40-26(38)36-21-9-6-15(2)16(3)24(21)23(13-22(36)18-7-8-18)35(25(37)39-4)14-17-10-19(27(29,30)31)12-20(11-17)28(32,33)34/h6,9-12,18,22-23H,5,7-8,13-14H2,1-4H3/t22-,23-/m1/s1. The minimum absolute atomic E-state index is 0.0513. The second kappa shape index (κ2) is 10.9. The van der Waals surface area contributed by atoms with Crippen molar-refractivity contribution in [3.63, 3.8) is 0 Å². The van der Waals surface area contributed by atoms with Crippen LogP contribution in [0.5, 0.6) is 0 Å². The second-order valence-corrected chi connectivity index (χ2v) is 10.2. The molecule has 6 nitrogen and oxygen atoms in total.